The molecule has 9 nitrogen and oxygen atoms in total. The Morgan fingerprint density at radius 2 is 2.03 bits per heavy atom. The highest BCUT2D eigenvalue weighted by molar-refractivity contribution is 5.94. The van der Waals surface area contributed by atoms with Crippen molar-refractivity contribution < 1.29 is 19.3 Å². The van der Waals surface area contributed by atoms with E-state index in [1.54, 1.807) is 31.8 Å². The Morgan fingerprint density at radius 3 is 2.74 bits per heavy atom. The van der Waals surface area contributed by atoms with Crippen molar-refractivity contribution in [3.8, 4) is 11.4 Å². The molecule has 31 heavy (non-hydrogen) atoms. The molecule has 0 aromatic carbocycles. The van der Waals surface area contributed by atoms with E-state index in [2.05, 4.69) is 15.1 Å². The Balaban J connectivity index is 1.71. The van der Waals surface area contributed by atoms with E-state index in [1.807, 2.05) is 0 Å². The Morgan fingerprint density at radius 1 is 1.26 bits per heavy atom. The number of hydrogen-bond donors (Lipinski definition) is 2. The van der Waals surface area contributed by atoms with Gasteiger partial charge in [-0.1, -0.05) is 50.1 Å². The number of carbonyl (C=O) groups is 2. The van der Waals surface area contributed by atoms with Gasteiger partial charge in [-0.2, -0.15) is 4.98 Å². The van der Waals surface area contributed by atoms with Crippen molar-refractivity contribution in [2.45, 2.75) is 63.7 Å². The van der Waals surface area contributed by atoms with Crippen LogP contribution in [0.25, 0.3) is 11.4 Å². The Bertz CT molecular complexity index is 876. The largest absolute Gasteiger partial charge is 0.345 e. The lowest BCUT2D eigenvalue weighted by atomic mass is 9.84. The van der Waals surface area contributed by atoms with Crippen LogP contribution in [0, 0.1) is 5.92 Å². The first-order chi connectivity index (χ1) is 15.0. The summed E-state index contributed by atoms with van der Waals surface area (Å²) in [6, 6.07) is 1.67. The predicted octanol–water partition coefficient (Wildman–Crippen LogP) is 3.56. The van der Waals surface area contributed by atoms with Crippen LogP contribution in [0.1, 0.15) is 80.0 Å². The summed E-state index contributed by atoms with van der Waals surface area (Å²) in [5, 5.41) is 13.0. The van der Waals surface area contributed by atoms with E-state index in [1.165, 1.54) is 43.2 Å². The maximum atomic E-state index is 12.2. The second-order valence-corrected chi connectivity index (χ2v) is 8.49. The van der Waals surface area contributed by atoms with Gasteiger partial charge in [-0.3, -0.25) is 19.8 Å². The number of nitrogens with zero attached hydrogens (tertiary/aromatic N) is 4. The molecule has 0 bridgehead atoms. The molecular formula is C22H31N5O4. The highest BCUT2D eigenvalue weighted by Crippen LogP contribution is 2.31. The number of hydrogen-bond acceptors (Lipinski definition) is 7. The van der Waals surface area contributed by atoms with Crippen LogP contribution in [-0.2, 0) is 4.79 Å². The second kappa shape index (κ2) is 11.0. The first kappa shape index (κ1) is 22.9. The normalized spacial score (nSPS) is 15.5. The van der Waals surface area contributed by atoms with Crippen molar-refractivity contribution in [1.82, 2.24) is 25.5 Å². The molecule has 0 spiro atoms. The van der Waals surface area contributed by atoms with E-state index in [9.17, 15) is 9.59 Å². The molecule has 0 saturated heterocycles. The zero-order valence-electron chi connectivity index (χ0n) is 18.2. The predicted molar refractivity (Wildman–Crippen MR) is 113 cm³/mol. The number of aromatic nitrogens is 3. The zero-order valence-corrected chi connectivity index (χ0v) is 18.2. The summed E-state index contributed by atoms with van der Waals surface area (Å²) in [6.45, 7) is 0. The van der Waals surface area contributed by atoms with Crippen molar-refractivity contribution in [2.75, 3.05) is 14.1 Å². The summed E-state index contributed by atoms with van der Waals surface area (Å²) in [7, 11) is 3.34. The van der Waals surface area contributed by atoms with Crippen LogP contribution < -0.4 is 5.48 Å². The van der Waals surface area contributed by atoms with Gasteiger partial charge in [-0.15, -0.1) is 0 Å². The standard InChI is InChI=1S/C22H31N5O4/c1-27(2)22(29)18-11-17(13-23-14-18)20-24-21(31-26-20)16(12-19(28)25-30)10-6-9-15-7-4-3-5-8-15/h11,13-16,30H,3-10,12H2,1-2H3,(H,25,28)/t16-/m1/s1. The fourth-order valence-corrected chi connectivity index (χ4v) is 4.17. The number of pyridine rings is 1. The number of hydroxylamine groups is 1. The lowest BCUT2D eigenvalue weighted by Gasteiger charge is -2.22. The minimum Gasteiger partial charge on any atom is -0.345 e. The maximum Gasteiger partial charge on any atom is 0.254 e. The van der Waals surface area contributed by atoms with Crippen molar-refractivity contribution in [3.05, 3.63) is 29.9 Å². The average molecular weight is 430 g/mol. The van der Waals surface area contributed by atoms with Gasteiger partial charge in [0.25, 0.3) is 5.91 Å². The van der Waals surface area contributed by atoms with Crippen LogP contribution in [0.5, 0.6) is 0 Å². The van der Waals surface area contributed by atoms with E-state index in [0.29, 0.717) is 22.8 Å². The van der Waals surface area contributed by atoms with Crippen molar-refractivity contribution in [1.29, 1.82) is 0 Å². The zero-order chi connectivity index (χ0) is 22.2. The van der Waals surface area contributed by atoms with Crippen LogP contribution >= 0.6 is 0 Å². The molecule has 0 unspecified atom stereocenters. The smallest absolute Gasteiger partial charge is 0.254 e. The molecule has 1 fully saturated rings. The van der Waals surface area contributed by atoms with E-state index in [-0.39, 0.29) is 18.2 Å². The molecule has 0 radical (unpaired) electrons. The van der Waals surface area contributed by atoms with Crippen LogP contribution in [0.2, 0.25) is 0 Å². The Kier molecular flexibility index (Phi) is 8.11. The molecular weight excluding hydrogens is 398 g/mol. The van der Waals surface area contributed by atoms with Crippen molar-refractivity contribution in [3.63, 3.8) is 0 Å². The summed E-state index contributed by atoms with van der Waals surface area (Å²) < 4.78 is 5.47. The monoisotopic (exact) mass is 429 g/mol. The minimum absolute atomic E-state index is 0.0696. The number of amides is 2. The van der Waals surface area contributed by atoms with Gasteiger partial charge in [0.05, 0.1) is 5.56 Å². The van der Waals surface area contributed by atoms with Gasteiger partial charge in [0, 0.05) is 44.4 Å². The molecule has 3 rings (SSSR count). The van der Waals surface area contributed by atoms with Gasteiger partial charge < -0.3 is 9.42 Å². The summed E-state index contributed by atoms with van der Waals surface area (Å²) in [5.74, 6) is 0.490. The molecule has 9 heteroatoms. The highest BCUT2D eigenvalue weighted by Gasteiger charge is 2.24. The van der Waals surface area contributed by atoms with E-state index in [4.69, 9.17) is 9.73 Å². The van der Waals surface area contributed by atoms with Crippen LogP contribution in [0.15, 0.2) is 23.0 Å². The molecule has 2 heterocycles. The summed E-state index contributed by atoms with van der Waals surface area (Å²) in [4.78, 5) is 34.1. The van der Waals surface area contributed by atoms with Crippen LogP contribution in [0.3, 0.4) is 0 Å². The molecule has 168 valence electrons. The van der Waals surface area contributed by atoms with Gasteiger partial charge in [-0.25, -0.2) is 5.48 Å². The van der Waals surface area contributed by atoms with Gasteiger partial charge in [0.15, 0.2) is 0 Å². The van der Waals surface area contributed by atoms with Gasteiger partial charge in [0.1, 0.15) is 0 Å². The third-order valence-corrected chi connectivity index (χ3v) is 5.89. The minimum atomic E-state index is -0.484. The van der Waals surface area contributed by atoms with Crippen LogP contribution in [-0.4, -0.2) is 51.1 Å². The molecule has 2 N–H and O–H groups in total. The van der Waals surface area contributed by atoms with Gasteiger partial charge >= 0.3 is 0 Å². The van der Waals surface area contributed by atoms with Crippen molar-refractivity contribution >= 4 is 11.8 Å². The number of rotatable bonds is 9. The average Bonchev–Trinajstić information content (AvgIpc) is 3.29. The third-order valence-electron chi connectivity index (χ3n) is 5.89. The van der Waals surface area contributed by atoms with Crippen LogP contribution in [0.4, 0.5) is 0 Å². The number of nitrogens with one attached hydrogen (secondary N) is 1. The van der Waals surface area contributed by atoms with E-state index >= 15 is 0 Å². The Hall–Kier alpha value is -2.81. The lowest BCUT2D eigenvalue weighted by molar-refractivity contribution is -0.129. The summed E-state index contributed by atoms with van der Waals surface area (Å²) in [5.41, 5.74) is 2.69. The first-order valence-electron chi connectivity index (χ1n) is 10.9. The SMILES string of the molecule is CN(C)C(=O)c1cncc(-c2noc([C@H](CCCC3CCCCC3)CC(=O)NO)n2)c1. The molecule has 1 aliphatic rings. The fourth-order valence-electron chi connectivity index (χ4n) is 4.17. The Labute approximate surface area is 182 Å². The highest BCUT2D eigenvalue weighted by atomic mass is 16.5. The molecule has 0 aliphatic heterocycles. The fraction of sp³-hybridized carbons (Fsp3) is 0.591. The molecule has 2 amide bonds. The molecule has 1 saturated carbocycles. The second-order valence-electron chi connectivity index (χ2n) is 8.49. The lowest BCUT2D eigenvalue weighted by Crippen LogP contribution is -2.21. The summed E-state index contributed by atoms with van der Waals surface area (Å²) >= 11 is 0. The van der Waals surface area contributed by atoms with E-state index in [0.717, 1.165) is 25.2 Å². The quantitative estimate of drug-likeness (QED) is 0.462. The number of carbonyl (C=O) groups excluding carboxylic acids is 2. The first-order valence-corrected chi connectivity index (χ1v) is 10.9. The molecule has 2 aromatic heterocycles. The third kappa shape index (κ3) is 6.33. The molecule has 2 aromatic rings. The van der Waals surface area contributed by atoms with Crippen molar-refractivity contribution in [2.24, 2.45) is 5.92 Å². The summed E-state index contributed by atoms with van der Waals surface area (Å²) in [6.07, 6.45) is 12.4. The maximum absolute atomic E-state index is 12.2. The van der Waals surface area contributed by atoms with Gasteiger partial charge in [-0.05, 0) is 18.4 Å². The van der Waals surface area contributed by atoms with Gasteiger partial charge in [0.2, 0.25) is 17.6 Å². The molecule has 1 atom stereocenters. The van der Waals surface area contributed by atoms with E-state index < -0.39 is 5.91 Å². The molecule has 1 aliphatic carbocycles. The topological polar surface area (TPSA) is 121 Å².